The van der Waals surface area contributed by atoms with E-state index in [2.05, 4.69) is 10.6 Å². The summed E-state index contributed by atoms with van der Waals surface area (Å²) in [5.74, 6) is 1.03. The summed E-state index contributed by atoms with van der Waals surface area (Å²) in [6.45, 7) is 1.83. The van der Waals surface area contributed by atoms with Gasteiger partial charge in [-0.1, -0.05) is 0 Å². The molecule has 2 N–H and O–H groups in total. The molecular formula is C13H16N2O3S. The van der Waals surface area contributed by atoms with Crippen LogP contribution in [0, 0.1) is 0 Å². The van der Waals surface area contributed by atoms with Crippen molar-refractivity contribution in [1.82, 2.24) is 5.32 Å². The zero-order valence-corrected chi connectivity index (χ0v) is 11.6. The summed E-state index contributed by atoms with van der Waals surface area (Å²) in [5.41, 5.74) is 0.684. The summed E-state index contributed by atoms with van der Waals surface area (Å²) in [5, 5.41) is 5.40. The summed E-state index contributed by atoms with van der Waals surface area (Å²) in [4.78, 5) is 23.5. The Morgan fingerprint density at radius 1 is 1.42 bits per heavy atom. The fourth-order valence-electron chi connectivity index (χ4n) is 1.69. The van der Waals surface area contributed by atoms with E-state index in [-0.39, 0.29) is 17.1 Å². The van der Waals surface area contributed by atoms with Gasteiger partial charge in [-0.05, 0) is 31.2 Å². The van der Waals surface area contributed by atoms with E-state index in [1.54, 1.807) is 31.4 Å². The first-order valence-electron chi connectivity index (χ1n) is 5.97. The molecule has 5 nitrogen and oxygen atoms in total. The van der Waals surface area contributed by atoms with Crippen molar-refractivity contribution >= 4 is 29.3 Å². The molecule has 0 aromatic heterocycles. The molecule has 1 aliphatic heterocycles. The van der Waals surface area contributed by atoms with Gasteiger partial charge in [0.1, 0.15) is 11.8 Å². The molecule has 0 radical (unpaired) electrons. The van der Waals surface area contributed by atoms with E-state index < -0.39 is 6.04 Å². The molecule has 19 heavy (non-hydrogen) atoms. The number of hydrogen-bond acceptors (Lipinski definition) is 4. The van der Waals surface area contributed by atoms with E-state index in [4.69, 9.17) is 4.74 Å². The quantitative estimate of drug-likeness (QED) is 0.874. The average Bonchev–Trinajstić information content (AvgIpc) is 2.42. The predicted molar refractivity (Wildman–Crippen MR) is 75.5 cm³/mol. The number of hydrogen-bond donors (Lipinski definition) is 2. The monoisotopic (exact) mass is 280 g/mol. The zero-order valence-electron chi connectivity index (χ0n) is 10.8. The van der Waals surface area contributed by atoms with Crippen LogP contribution in [0.2, 0.25) is 0 Å². The summed E-state index contributed by atoms with van der Waals surface area (Å²) in [6.07, 6.45) is 0. The molecule has 6 heteroatoms. The van der Waals surface area contributed by atoms with Crippen molar-refractivity contribution in [1.29, 1.82) is 0 Å². The van der Waals surface area contributed by atoms with Gasteiger partial charge in [-0.2, -0.15) is 0 Å². The first kappa shape index (κ1) is 13.7. The topological polar surface area (TPSA) is 67.4 Å². The lowest BCUT2D eigenvalue weighted by Gasteiger charge is -2.25. The van der Waals surface area contributed by atoms with Crippen molar-refractivity contribution in [2.75, 3.05) is 18.2 Å². The highest BCUT2D eigenvalue weighted by Crippen LogP contribution is 2.19. The average molecular weight is 280 g/mol. The van der Waals surface area contributed by atoms with E-state index in [0.717, 1.165) is 5.75 Å². The molecule has 1 aliphatic rings. The Morgan fingerprint density at radius 2 is 2.11 bits per heavy atom. The zero-order chi connectivity index (χ0) is 13.8. The van der Waals surface area contributed by atoms with Crippen molar-refractivity contribution in [3.8, 4) is 5.75 Å². The minimum Gasteiger partial charge on any atom is -0.497 e. The Morgan fingerprint density at radius 3 is 2.68 bits per heavy atom. The Kier molecular flexibility index (Phi) is 4.31. The van der Waals surface area contributed by atoms with E-state index in [9.17, 15) is 9.59 Å². The molecule has 1 fully saturated rings. The summed E-state index contributed by atoms with van der Waals surface area (Å²) in [7, 11) is 1.59. The number of methoxy groups -OCH3 is 1. The lowest BCUT2D eigenvalue weighted by Crippen LogP contribution is -2.51. The van der Waals surface area contributed by atoms with Crippen molar-refractivity contribution in [2.45, 2.75) is 18.2 Å². The number of thioether (sulfide) groups is 1. The van der Waals surface area contributed by atoms with Gasteiger partial charge in [-0.15, -0.1) is 11.8 Å². The second kappa shape index (κ2) is 5.97. The van der Waals surface area contributed by atoms with Crippen molar-refractivity contribution in [2.24, 2.45) is 0 Å². The van der Waals surface area contributed by atoms with Gasteiger partial charge in [0.2, 0.25) is 11.8 Å². The van der Waals surface area contributed by atoms with E-state index in [1.807, 2.05) is 6.92 Å². The number of nitrogens with one attached hydrogen (secondary N) is 2. The molecule has 0 bridgehead atoms. The van der Waals surface area contributed by atoms with Gasteiger partial charge in [-0.25, -0.2) is 0 Å². The Labute approximate surface area is 116 Å². The van der Waals surface area contributed by atoms with Crippen LogP contribution in [0.1, 0.15) is 6.92 Å². The molecule has 1 saturated heterocycles. The molecule has 2 rings (SSSR count). The third-order valence-corrected chi connectivity index (χ3v) is 4.11. The highest BCUT2D eigenvalue weighted by atomic mass is 32.2. The lowest BCUT2D eigenvalue weighted by molar-refractivity contribution is -0.125. The summed E-state index contributed by atoms with van der Waals surface area (Å²) < 4.78 is 5.04. The predicted octanol–water partition coefficient (Wildman–Crippen LogP) is 1.25. The molecule has 1 aromatic carbocycles. The van der Waals surface area contributed by atoms with Crippen LogP contribution in [-0.2, 0) is 9.59 Å². The van der Waals surface area contributed by atoms with Crippen molar-refractivity contribution < 1.29 is 14.3 Å². The molecular weight excluding hydrogens is 264 g/mol. The van der Waals surface area contributed by atoms with Gasteiger partial charge in [0.05, 0.1) is 12.4 Å². The van der Waals surface area contributed by atoms with Gasteiger partial charge >= 0.3 is 0 Å². The Balaban J connectivity index is 1.95. The smallest absolute Gasteiger partial charge is 0.247 e. The van der Waals surface area contributed by atoms with Crippen LogP contribution >= 0.6 is 11.8 Å². The number of rotatable bonds is 3. The van der Waals surface area contributed by atoms with Crippen LogP contribution < -0.4 is 15.4 Å². The molecule has 0 aliphatic carbocycles. The fourth-order valence-corrected chi connectivity index (χ4v) is 2.63. The number of benzene rings is 1. The third kappa shape index (κ3) is 3.41. The number of carbonyl (C=O) groups excluding carboxylic acids is 2. The molecule has 2 atom stereocenters. The fraction of sp³-hybridized carbons (Fsp3) is 0.385. The Bertz CT molecular complexity index is 475. The van der Waals surface area contributed by atoms with E-state index in [0.29, 0.717) is 11.4 Å². The lowest BCUT2D eigenvalue weighted by atomic mass is 10.2. The molecule has 1 heterocycles. The van der Waals surface area contributed by atoms with Crippen LogP contribution in [-0.4, -0.2) is 36.0 Å². The van der Waals surface area contributed by atoms with E-state index >= 15 is 0 Å². The normalized spacial score (nSPS) is 22.5. The van der Waals surface area contributed by atoms with E-state index in [1.165, 1.54) is 11.8 Å². The van der Waals surface area contributed by atoms with Gasteiger partial charge < -0.3 is 15.4 Å². The summed E-state index contributed by atoms with van der Waals surface area (Å²) in [6, 6.07) is 6.59. The standard InChI is InChI=1S/C13H16N2O3S/c1-8-12(16)15-11(7-19-8)13(17)14-9-3-5-10(18-2)6-4-9/h3-6,8,11H,7H2,1-2H3,(H,14,17)(H,15,16)/t8-,11+/m0/s1. The van der Waals surface area contributed by atoms with Crippen LogP contribution in [0.15, 0.2) is 24.3 Å². The van der Waals surface area contributed by atoms with Crippen LogP contribution in [0.4, 0.5) is 5.69 Å². The highest BCUT2D eigenvalue weighted by Gasteiger charge is 2.29. The van der Waals surface area contributed by atoms with Crippen LogP contribution in [0.25, 0.3) is 0 Å². The second-order valence-electron chi connectivity index (χ2n) is 4.25. The van der Waals surface area contributed by atoms with Gasteiger partial charge in [0, 0.05) is 11.4 Å². The minimum absolute atomic E-state index is 0.0915. The Hall–Kier alpha value is -1.69. The van der Waals surface area contributed by atoms with Crippen molar-refractivity contribution in [3.05, 3.63) is 24.3 Å². The largest absolute Gasteiger partial charge is 0.497 e. The molecule has 0 unspecified atom stereocenters. The van der Waals surface area contributed by atoms with Crippen molar-refractivity contribution in [3.63, 3.8) is 0 Å². The molecule has 102 valence electrons. The number of anilines is 1. The maximum absolute atomic E-state index is 12.0. The molecule has 0 spiro atoms. The number of amides is 2. The maximum Gasteiger partial charge on any atom is 0.247 e. The van der Waals surface area contributed by atoms with Crippen LogP contribution in [0.3, 0.4) is 0 Å². The maximum atomic E-state index is 12.0. The molecule has 1 aromatic rings. The summed E-state index contributed by atoms with van der Waals surface area (Å²) >= 11 is 1.49. The molecule has 2 amide bonds. The van der Waals surface area contributed by atoms with Gasteiger partial charge in [-0.3, -0.25) is 9.59 Å². The SMILES string of the molecule is COc1ccc(NC(=O)[C@H]2CS[C@@H](C)C(=O)N2)cc1. The molecule has 0 saturated carbocycles. The first-order chi connectivity index (χ1) is 9.10. The highest BCUT2D eigenvalue weighted by molar-refractivity contribution is 8.00. The number of ether oxygens (including phenoxy) is 1. The first-order valence-corrected chi connectivity index (χ1v) is 7.02. The minimum atomic E-state index is -0.476. The van der Waals surface area contributed by atoms with Gasteiger partial charge in [0.25, 0.3) is 0 Å². The van der Waals surface area contributed by atoms with Crippen LogP contribution in [0.5, 0.6) is 5.75 Å². The number of carbonyl (C=O) groups is 2. The second-order valence-corrected chi connectivity index (χ2v) is 5.63. The van der Waals surface area contributed by atoms with Gasteiger partial charge in [0.15, 0.2) is 0 Å². The third-order valence-electron chi connectivity index (χ3n) is 2.87.